The Balaban J connectivity index is 3.32. The van der Waals surface area contributed by atoms with Gasteiger partial charge in [-0.05, 0) is 43.9 Å². The van der Waals surface area contributed by atoms with Crippen LogP contribution < -0.4 is 11.3 Å². The second-order valence-electron chi connectivity index (χ2n) is 4.97. The molecule has 0 fully saturated rings. The van der Waals surface area contributed by atoms with E-state index in [1.165, 1.54) is 6.42 Å². The Bertz CT molecular complexity index is 393. The Kier molecular flexibility index (Phi) is 15.0. The molecule has 1 amide bonds. The second kappa shape index (κ2) is 16.3. The molecule has 0 unspecified atom stereocenters. The number of hydrogen-bond acceptors (Lipinski definition) is 2. The number of carbonyl (C=O) groups is 1. The Morgan fingerprint density at radius 2 is 1.52 bits per heavy atom. The first-order valence-electron chi connectivity index (χ1n) is 7.87. The smallest absolute Gasteiger partial charge is 0.233 e. The van der Waals surface area contributed by atoms with Gasteiger partial charge in [0.1, 0.15) is 0 Å². The molecule has 0 saturated carbocycles. The van der Waals surface area contributed by atoms with Crippen molar-refractivity contribution in [2.45, 2.75) is 70.6 Å². The Labute approximate surface area is 129 Å². The van der Waals surface area contributed by atoms with Gasteiger partial charge in [-0.1, -0.05) is 37.2 Å². The number of allylic oxidation sites excluding steroid dienone is 1. The van der Waals surface area contributed by atoms with E-state index in [1.807, 2.05) is 6.08 Å². The van der Waals surface area contributed by atoms with Crippen molar-refractivity contribution in [3.05, 3.63) is 12.7 Å². The first-order valence-corrected chi connectivity index (χ1v) is 7.87. The standard InChI is InChI=1S/C18H28N2O/c1-2-3-4-5-6-7-8-9-10-11-12-13-14-15-16-17-18(21)20-19/h2H,1,3-6,11-17,19H2,(H,20,21). The summed E-state index contributed by atoms with van der Waals surface area (Å²) >= 11 is 0. The number of amides is 1. The molecule has 21 heavy (non-hydrogen) atoms. The lowest BCUT2D eigenvalue weighted by Gasteiger charge is -1.99. The van der Waals surface area contributed by atoms with Crippen LogP contribution in [0.25, 0.3) is 0 Å². The summed E-state index contributed by atoms with van der Waals surface area (Å²) in [6, 6.07) is 0. The van der Waals surface area contributed by atoms with Crippen LogP contribution in [-0.2, 0) is 4.79 Å². The highest BCUT2D eigenvalue weighted by Gasteiger charge is 1.96. The molecule has 0 rings (SSSR count). The zero-order valence-electron chi connectivity index (χ0n) is 13.0. The normalized spacial score (nSPS) is 9.00. The van der Waals surface area contributed by atoms with Crippen molar-refractivity contribution in [1.82, 2.24) is 5.43 Å². The van der Waals surface area contributed by atoms with Crippen LogP contribution in [0.3, 0.4) is 0 Å². The molecule has 3 N–H and O–H groups in total. The Morgan fingerprint density at radius 3 is 2.14 bits per heavy atom. The lowest BCUT2D eigenvalue weighted by molar-refractivity contribution is -0.121. The van der Waals surface area contributed by atoms with E-state index in [9.17, 15) is 4.79 Å². The van der Waals surface area contributed by atoms with Crippen molar-refractivity contribution < 1.29 is 4.79 Å². The first-order chi connectivity index (χ1) is 10.3. The highest BCUT2D eigenvalue weighted by molar-refractivity contribution is 5.74. The minimum absolute atomic E-state index is 0.0797. The Hall–Kier alpha value is -1.71. The number of carbonyl (C=O) groups excluding carboxylic acids is 1. The predicted molar refractivity (Wildman–Crippen MR) is 88.9 cm³/mol. The van der Waals surface area contributed by atoms with E-state index in [0.717, 1.165) is 57.8 Å². The summed E-state index contributed by atoms with van der Waals surface area (Å²) in [5, 5.41) is 0. The summed E-state index contributed by atoms with van der Waals surface area (Å²) in [5.41, 5.74) is 2.14. The zero-order chi connectivity index (χ0) is 15.6. The molecular weight excluding hydrogens is 260 g/mol. The highest BCUT2D eigenvalue weighted by atomic mass is 16.2. The van der Waals surface area contributed by atoms with Crippen molar-refractivity contribution in [3.63, 3.8) is 0 Å². The van der Waals surface area contributed by atoms with E-state index in [1.54, 1.807) is 0 Å². The molecule has 0 aliphatic carbocycles. The summed E-state index contributed by atoms with van der Waals surface area (Å²) < 4.78 is 0. The number of nitrogens with one attached hydrogen (secondary N) is 1. The summed E-state index contributed by atoms with van der Waals surface area (Å²) in [7, 11) is 0. The van der Waals surface area contributed by atoms with Crippen molar-refractivity contribution in [2.24, 2.45) is 5.84 Å². The average Bonchev–Trinajstić information content (AvgIpc) is 2.50. The SMILES string of the molecule is C=CCCCCC#CC#CCCCCCCCC(=O)NN. The van der Waals surface area contributed by atoms with Gasteiger partial charge in [0.05, 0.1) is 0 Å². The molecule has 3 nitrogen and oxygen atoms in total. The number of rotatable bonds is 11. The lowest BCUT2D eigenvalue weighted by Crippen LogP contribution is -2.29. The third-order valence-corrected chi connectivity index (χ3v) is 3.07. The molecule has 0 aromatic carbocycles. The third-order valence-electron chi connectivity index (χ3n) is 3.07. The van der Waals surface area contributed by atoms with Gasteiger partial charge in [-0.25, -0.2) is 5.84 Å². The van der Waals surface area contributed by atoms with Crippen molar-refractivity contribution in [3.8, 4) is 23.7 Å². The predicted octanol–water partition coefficient (Wildman–Crippen LogP) is 3.46. The second-order valence-corrected chi connectivity index (χ2v) is 4.97. The molecule has 0 radical (unpaired) electrons. The van der Waals surface area contributed by atoms with Gasteiger partial charge in [-0.15, -0.1) is 6.58 Å². The van der Waals surface area contributed by atoms with Crippen LogP contribution in [0.2, 0.25) is 0 Å². The van der Waals surface area contributed by atoms with Gasteiger partial charge < -0.3 is 0 Å². The van der Waals surface area contributed by atoms with Crippen LogP contribution >= 0.6 is 0 Å². The maximum Gasteiger partial charge on any atom is 0.233 e. The summed E-state index contributed by atoms with van der Waals surface area (Å²) in [4.78, 5) is 10.9. The summed E-state index contributed by atoms with van der Waals surface area (Å²) in [5.74, 6) is 16.9. The highest BCUT2D eigenvalue weighted by Crippen LogP contribution is 2.06. The average molecular weight is 288 g/mol. The number of hydrazine groups is 1. The van der Waals surface area contributed by atoms with Crippen LogP contribution in [0.15, 0.2) is 12.7 Å². The Morgan fingerprint density at radius 1 is 0.952 bits per heavy atom. The van der Waals surface area contributed by atoms with Crippen molar-refractivity contribution in [1.29, 1.82) is 0 Å². The number of hydrogen-bond donors (Lipinski definition) is 2. The minimum Gasteiger partial charge on any atom is -0.294 e. The van der Waals surface area contributed by atoms with Gasteiger partial charge in [-0.3, -0.25) is 10.2 Å². The molecule has 0 bridgehead atoms. The molecule has 0 aromatic rings. The topological polar surface area (TPSA) is 55.1 Å². The summed E-state index contributed by atoms with van der Waals surface area (Å²) in [6.45, 7) is 3.69. The van der Waals surface area contributed by atoms with Crippen LogP contribution in [0.4, 0.5) is 0 Å². The van der Waals surface area contributed by atoms with E-state index in [2.05, 4.69) is 35.7 Å². The maximum atomic E-state index is 10.9. The molecule has 3 heteroatoms. The van der Waals surface area contributed by atoms with E-state index in [0.29, 0.717) is 6.42 Å². The molecule has 0 atom stereocenters. The van der Waals surface area contributed by atoms with Crippen molar-refractivity contribution in [2.75, 3.05) is 0 Å². The van der Waals surface area contributed by atoms with Crippen LogP contribution in [0.5, 0.6) is 0 Å². The van der Waals surface area contributed by atoms with Gasteiger partial charge in [0.2, 0.25) is 5.91 Å². The van der Waals surface area contributed by atoms with Gasteiger partial charge >= 0.3 is 0 Å². The molecule has 116 valence electrons. The van der Waals surface area contributed by atoms with E-state index >= 15 is 0 Å². The molecule has 0 aliphatic rings. The van der Waals surface area contributed by atoms with Gasteiger partial charge in [0.15, 0.2) is 0 Å². The molecule has 0 spiro atoms. The van der Waals surface area contributed by atoms with E-state index < -0.39 is 0 Å². The molecule has 0 aliphatic heterocycles. The quantitative estimate of drug-likeness (QED) is 0.153. The lowest BCUT2D eigenvalue weighted by atomic mass is 10.1. The van der Waals surface area contributed by atoms with Crippen LogP contribution in [0.1, 0.15) is 70.6 Å². The monoisotopic (exact) mass is 288 g/mol. The fraction of sp³-hybridized carbons (Fsp3) is 0.611. The molecule has 0 heterocycles. The van der Waals surface area contributed by atoms with Crippen molar-refractivity contribution >= 4 is 5.91 Å². The van der Waals surface area contributed by atoms with E-state index in [-0.39, 0.29) is 5.91 Å². The van der Waals surface area contributed by atoms with Crippen LogP contribution in [-0.4, -0.2) is 5.91 Å². The summed E-state index contributed by atoms with van der Waals surface area (Å²) in [6.07, 6.45) is 13.1. The van der Waals surface area contributed by atoms with E-state index in [4.69, 9.17) is 5.84 Å². The molecule has 0 aromatic heterocycles. The largest absolute Gasteiger partial charge is 0.294 e. The maximum absolute atomic E-state index is 10.9. The fourth-order valence-electron chi connectivity index (χ4n) is 1.82. The minimum atomic E-state index is -0.0797. The number of unbranched alkanes of at least 4 members (excludes halogenated alkanes) is 8. The van der Waals surface area contributed by atoms with Gasteiger partial charge in [0.25, 0.3) is 0 Å². The molecular formula is C18H28N2O. The van der Waals surface area contributed by atoms with Crippen LogP contribution in [0, 0.1) is 23.7 Å². The van der Waals surface area contributed by atoms with Gasteiger partial charge in [0, 0.05) is 19.3 Å². The molecule has 0 saturated heterocycles. The zero-order valence-corrected chi connectivity index (χ0v) is 13.0. The fourth-order valence-corrected chi connectivity index (χ4v) is 1.82. The first kappa shape index (κ1) is 19.3. The van der Waals surface area contributed by atoms with Gasteiger partial charge in [-0.2, -0.15) is 0 Å². The third kappa shape index (κ3) is 16.2. The number of nitrogens with two attached hydrogens (primary N) is 1.